The van der Waals surface area contributed by atoms with Crippen LogP contribution in [0.4, 0.5) is 17.1 Å². The first kappa shape index (κ1) is 31.6. The molecule has 0 saturated carbocycles. The molecule has 0 atom stereocenters. The van der Waals surface area contributed by atoms with Crippen molar-refractivity contribution in [3.05, 3.63) is 194 Å². The minimum Gasteiger partial charge on any atom is -0.455 e. The molecule has 12 aromatic rings. The van der Waals surface area contributed by atoms with Crippen molar-refractivity contribution in [2.75, 3.05) is 4.90 Å². The van der Waals surface area contributed by atoms with Gasteiger partial charge in [-0.2, -0.15) is 0 Å². The van der Waals surface area contributed by atoms with Gasteiger partial charge >= 0.3 is 0 Å². The van der Waals surface area contributed by atoms with Crippen molar-refractivity contribution < 1.29 is 8.83 Å². The number of rotatable bonds is 5. The third kappa shape index (κ3) is 5.12. The Morgan fingerprint density at radius 3 is 1.40 bits per heavy atom. The van der Waals surface area contributed by atoms with E-state index in [1.165, 1.54) is 27.3 Å². The first-order valence-electron chi connectivity index (χ1n) is 19.2. The topological polar surface area (TPSA) is 42.4 Å². The van der Waals surface area contributed by atoms with E-state index in [0.29, 0.717) is 0 Å². The average molecular weight is 729 g/mol. The monoisotopic (exact) mass is 728 g/mol. The first-order valence-corrected chi connectivity index (χ1v) is 19.2. The number of pyridine rings is 1. The number of hydrogen-bond donors (Lipinski definition) is 0. The van der Waals surface area contributed by atoms with Gasteiger partial charge in [-0.3, -0.25) is 4.98 Å². The summed E-state index contributed by atoms with van der Waals surface area (Å²) in [6.45, 7) is 0. The predicted octanol–water partition coefficient (Wildman–Crippen LogP) is 15.1. The van der Waals surface area contributed by atoms with Crippen LogP contribution in [-0.4, -0.2) is 4.98 Å². The number of anilines is 3. The fourth-order valence-electron chi connectivity index (χ4n) is 8.63. The number of nitrogens with zero attached hydrogens (tertiary/aromatic N) is 2. The summed E-state index contributed by atoms with van der Waals surface area (Å²) < 4.78 is 13.3. The fourth-order valence-corrected chi connectivity index (χ4v) is 8.63. The summed E-state index contributed by atoms with van der Waals surface area (Å²) >= 11 is 0. The molecule has 9 aromatic carbocycles. The second-order valence-electron chi connectivity index (χ2n) is 14.8. The molecule has 0 spiro atoms. The lowest BCUT2D eigenvalue weighted by molar-refractivity contribution is 0.672. The highest BCUT2D eigenvalue weighted by atomic mass is 16.3. The molecule has 0 N–H and O–H groups in total. The normalized spacial score (nSPS) is 11.9. The van der Waals surface area contributed by atoms with E-state index in [4.69, 9.17) is 8.83 Å². The van der Waals surface area contributed by atoms with Crippen molar-refractivity contribution >= 4 is 93.3 Å². The predicted molar refractivity (Wildman–Crippen MR) is 237 cm³/mol. The minimum absolute atomic E-state index is 0.847. The van der Waals surface area contributed by atoms with Crippen LogP contribution in [0.5, 0.6) is 0 Å². The highest BCUT2D eigenvalue weighted by Crippen LogP contribution is 2.43. The molecule has 0 aliphatic heterocycles. The Bertz CT molecular complexity index is 3370. The standard InChI is InChI=1S/C53H32N2O2/c1-3-7-44-36(5-1)17-23-48-46-25-21-42(30-50(46)56-52(44)48)55(43-22-26-47-49-24-18-37-6-2-4-8-45(37)53(49)57-51(47)31-43)41-19-15-34(16-20-41)33-9-11-35(12-10-33)38-13-14-40-32-54-28-27-39(40)29-38/h1-32H. The van der Waals surface area contributed by atoms with Gasteiger partial charge in [0.05, 0.1) is 0 Å². The maximum atomic E-state index is 6.67. The van der Waals surface area contributed by atoms with Crippen LogP contribution in [0.1, 0.15) is 0 Å². The maximum absolute atomic E-state index is 6.67. The average Bonchev–Trinajstić information content (AvgIpc) is 3.85. The van der Waals surface area contributed by atoms with Gasteiger partial charge in [0.25, 0.3) is 0 Å². The molecular formula is C53H32N2O2. The third-order valence-electron chi connectivity index (χ3n) is 11.5. The first-order chi connectivity index (χ1) is 28.2. The van der Waals surface area contributed by atoms with Gasteiger partial charge in [-0.25, -0.2) is 0 Å². The highest BCUT2D eigenvalue weighted by molar-refractivity contribution is 6.17. The lowest BCUT2D eigenvalue weighted by Crippen LogP contribution is -2.09. The molecule has 0 unspecified atom stereocenters. The zero-order valence-electron chi connectivity index (χ0n) is 30.7. The molecule has 57 heavy (non-hydrogen) atoms. The van der Waals surface area contributed by atoms with E-state index in [1.807, 2.05) is 12.4 Å². The van der Waals surface area contributed by atoms with Crippen LogP contribution in [0.2, 0.25) is 0 Å². The zero-order chi connectivity index (χ0) is 37.5. The molecule has 4 nitrogen and oxygen atoms in total. The van der Waals surface area contributed by atoms with Crippen molar-refractivity contribution in [1.82, 2.24) is 4.98 Å². The Morgan fingerprint density at radius 2 is 0.807 bits per heavy atom. The number of hydrogen-bond acceptors (Lipinski definition) is 4. The molecule has 0 bridgehead atoms. The fraction of sp³-hybridized carbons (Fsp3) is 0. The lowest BCUT2D eigenvalue weighted by Gasteiger charge is -2.25. The Labute approximate surface area is 327 Å². The smallest absolute Gasteiger partial charge is 0.143 e. The van der Waals surface area contributed by atoms with Crippen molar-refractivity contribution in [1.29, 1.82) is 0 Å². The van der Waals surface area contributed by atoms with E-state index in [0.717, 1.165) is 88.2 Å². The molecule has 266 valence electrons. The lowest BCUT2D eigenvalue weighted by atomic mass is 9.98. The van der Waals surface area contributed by atoms with Gasteiger partial charge in [-0.05, 0) is 99.1 Å². The van der Waals surface area contributed by atoms with Crippen molar-refractivity contribution in [3.63, 3.8) is 0 Å². The van der Waals surface area contributed by atoms with Gasteiger partial charge in [-0.1, -0.05) is 109 Å². The van der Waals surface area contributed by atoms with Crippen LogP contribution in [0.25, 0.3) is 98.4 Å². The van der Waals surface area contributed by atoms with E-state index < -0.39 is 0 Å². The Balaban J connectivity index is 0.967. The molecular weight excluding hydrogens is 697 g/mol. The van der Waals surface area contributed by atoms with Crippen LogP contribution in [0, 0.1) is 0 Å². The molecule has 0 aliphatic carbocycles. The molecule has 12 rings (SSSR count). The number of aromatic nitrogens is 1. The van der Waals surface area contributed by atoms with Gasteiger partial charge < -0.3 is 13.7 Å². The second-order valence-corrected chi connectivity index (χ2v) is 14.8. The highest BCUT2D eigenvalue weighted by Gasteiger charge is 2.19. The molecule has 0 radical (unpaired) electrons. The summed E-state index contributed by atoms with van der Waals surface area (Å²) in [6, 6.07) is 64.8. The van der Waals surface area contributed by atoms with Crippen LogP contribution in [0.15, 0.2) is 203 Å². The largest absolute Gasteiger partial charge is 0.455 e. The van der Waals surface area contributed by atoms with Gasteiger partial charge in [0.2, 0.25) is 0 Å². The summed E-state index contributed by atoms with van der Waals surface area (Å²) in [5.74, 6) is 0. The van der Waals surface area contributed by atoms with Crippen molar-refractivity contribution in [3.8, 4) is 22.3 Å². The second kappa shape index (κ2) is 12.4. The summed E-state index contributed by atoms with van der Waals surface area (Å²) in [6.07, 6.45) is 3.75. The van der Waals surface area contributed by atoms with Crippen LogP contribution >= 0.6 is 0 Å². The molecule has 3 heterocycles. The van der Waals surface area contributed by atoms with E-state index >= 15 is 0 Å². The van der Waals surface area contributed by atoms with Crippen molar-refractivity contribution in [2.45, 2.75) is 0 Å². The summed E-state index contributed by atoms with van der Waals surface area (Å²) in [7, 11) is 0. The maximum Gasteiger partial charge on any atom is 0.143 e. The quantitative estimate of drug-likeness (QED) is 0.177. The van der Waals surface area contributed by atoms with Gasteiger partial charge in [0, 0.05) is 79.3 Å². The molecule has 4 heteroatoms. The van der Waals surface area contributed by atoms with Crippen LogP contribution < -0.4 is 4.90 Å². The van der Waals surface area contributed by atoms with Gasteiger partial charge in [0.15, 0.2) is 0 Å². The molecule has 0 aliphatic rings. The van der Waals surface area contributed by atoms with E-state index in [-0.39, 0.29) is 0 Å². The van der Waals surface area contributed by atoms with Crippen LogP contribution in [0.3, 0.4) is 0 Å². The van der Waals surface area contributed by atoms with Gasteiger partial charge in [-0.15, -0.1) is 0 Å². The number of fused-ring (bicyclic) bond motifs is 11. The Kier molecular flexibility index (Phi) is 6.89. The van der Waals surface area contributed by atoms with Gasteiger partial charge in [0.1, 0.15) is 22.3 Å². The Hall–Kier alpha value is -7.69. The minimum atomic E-state index is 0.847. The number of furan rings is 2. The van der Waals surface area contributed by atoms with Crippen molar-refractivity contribution in [2.24, 2.45) is 0 Å². The molecule has 3 aromatic heterocycles. The third-order valence-corrected chi connectivity index (χ3v) is 11.5. The molecule has 0 saturated heterocycles. The molecule has 0 amide bonds. The number of benzene rings is 9. The van der Waals surface area contributed by atoms with E-state index in [1.54, 1.807) is 0 Å². The van der Waals surface area contributed by atoms with E-state index in [2.05, 4.69) is 192 Å². The summed E-state index contributed by atoms with van der Waals surface area (Å²) in [5.41, 5.74) is 11.2. The zero-order valence-corrected chi connectivity index (χ0v) is 30.7. The SMILES string of the molecule is c1ccc2c(c1)ccc1c3ccc(N(c4ccc(-c5ccc(-c6ccc7cnccc7c6)cc5)cc4)c4ccc5c(c4)oc4c6ccccc6ccc54)cc3oc21. The Morgan fingerprint density at radius 1 is 0.333 bits per heavy atom. The summed E-state index contributed by atoms with van der Waals surface area (Å²) in [4.78, 5) is 6.55. The van der Waals surface area contributed by atoms with E-state index in [9.17, 15) is 0 Å². The van der Waals surface area contributed by atoms with Crippen LogP contribution in [-0.2, 0) is 0 Å². The summed E-state index contributed by atoms with van der Waals surface area (Å²) in [5, 5.41) is 11.3. The molecule has 0 fully saturated rings.